The van der Waals surface area contributed by atoms with Crippen LogP contribution in [0.5, 0.6) is 0 Å². The average Bonchev–Trinajstić information content (AvgIpc) is 2.80. The lowest BCUT2D eigenvalue weighted by molar-refractivity contribution is -0.385. The summed E-state index contributed by atoms with van der Waals surface area (Å²) < 4.78 is 23.0. The minimum atomic E-state index is -3.70. The second kappa shape index (κ2) is 12.3. The molecule has 2 aromatic rings. The fourth-order valence-corrected chi connectivity index (χ4v) is 4.20. The van der Waals surface area contributed by atoms with Crippen molar-refractivity contribution in [2.24, 2.45) is 5.92 Å². The summed E-state index contributed by atoms with van der Waals surface area (Å²) in [6.45, 7) is 0. The molecule has 0 atom stereocenters. The van der Waals surface area contributed by atoms with Crippen molar-refractivity contribution in [3.05, 3.63) is 62.1 Å². The molecule has 0 heterocycles. The molecule has 0 aliphatic heterocycles. The molecule has 1 saturated carbocycles. The van der Waals surface area contributed by atoms with Crippen molar-refractivity contribution in [3.63, 3.8) is 0 Å². The van der Waals surface area contributed by atoms with Crippen molar-refractivity contribution < 1.29 is 32.5 Å². The van der Waals surface area contributed by atoms with Gasteiger partial charge < -0.3 is 10.2 Å². The Hall–Kier alpha value is -3.35. The van der Waals surface area contributed by atoms with E-state index in [1.807, 2.05) is 0 Å². The molecule has 11 nitrogen and oxygen atoms in total. The van der Waals surface area contributed by atoms with Gasteiger partial charge in [0.1, 0.15) is 5.92 Å². The Morgan fingerprint density at radius 1 is 1.03 bits per heavy atom. The molecule has 0 bridgehead atoms. The molecule has 14 heteroatoms. The molecule has 1 N–H and O–H groups in total. The van der Waals surface area contributed by atoms with Gasteiger partial charge in [-0.05, 0) is 36.8 Å². The number of amides is 2. The van der Waals surface area contributed by atoms with Crippen LogP contribution in [-0.2, 0) is 19.4 Å². The number of hydrogen-bond acceptors (Lipinski definition) is 8. The van der Waals surface area contributed by atoms with Crippen LogP contribution < -0.4 is 5.32 Å². The highest BCUT2D eigenvalue weighted by Gasteiger charge is 2.39. The first-order valence-corrected chi connectivity index (χ1v) is 13.3. The molecule has 198 valence electrons. The molecule has 2 aromatic carbocycles. The predicted octanol–water partition coefficient (Wildman–Crippen LogP) is 4.21. The number of carbonyl (C=O) groups excluding carboxylic acids is 4. The van der Waals surface area contributed by atoms with Gasteiger partial charge in [-0.1, -0.05) is 23.2 Å². The molecule has 0 unspecified atom stereocenters. The van der Waals surface area contributed by atoms with Gasteiger partial charge in [-0.25, -0.2) is 13.2 Å². The Labute approximate surface area is 222 Å². The maximum absolute atomic E-state index is 12.4. The first-order valence-electron chi connectivity index (χ1n) is 10.6. The summed E-state index contributed by atoms with van der Waals surface area (Å²) in [5, 5.41) is 14.7. The Bertz CT molecular complexity index is 1360. The standard InChI is InChI=1S/C14H13NO7S.C9H10Cl2N2O/c1-23(21,22)8-5-6-9(10(7-8)15(19)20)14(18)13-11(16)3-2-4-12(13)17;1-13(2)9(14)12-6-3-4-7(10)8(11)5-6/h5-7,13H,2-4H2,1H3;3-5H,1-2H3,(H,12,14). The molecule has 0 saturated heterocycles. The van der Waals surface area contributed by atoms with Gasteiger partial charge in [0.15, 0.2) is 27.2 Å². The number of halogens is 2. The number of benzene rings is 2. The smallest absolute Gasteiger partial charge is 0.321 e. The molecule has 1 fully saturated rings. The number of sulfone groups is 1. The van der Waals surface area contributed by atoms with Crippen molar-refractivity contribution in [2.45, 2.75) is 24.2 Å². The minimum absolute atomic E-state index is 0.0668. The maximum Gasteiger partial charge on any atom is 0.321 e. The highest BCUT2D eigenvalue weighted by atomic mass is 35.5. The minimum Gasteiger partial charge on any atom is -0.331 e. The Morgan fingerprint density at radius 2 is 1.62 bits per heavy atom. The van der Waals surface area contributed by atoms with Crippen molar-refractivity contribution in [2.75, 3.05) is 25.7 Å². The van der Waals surface area contributed by atoms with Gasteiger partial charge in [0.2, 0.25) is 0 Å². The molecule has 1 aliphatic rings. The van der Waals surface area contributed by atoms with E-state index in [9.17, 15) is 37.7 Å². The lowest BCUT2D eigenvalue weighted by Gasteiger charge is -2.18. The first-order chi connectivity index (χ1) is 17.1. The summed E-state index contributed by atoms with van der Waals surface area (Å²) >= 11 is 11.5. The summed E-state index contributed by atoms with van der Waals surface area (Å²) in [5.74, 6) is -3.61. The van der Waals surface area contributed by atoms with E-state index in [1.54, 1.807) is 32.3 Å². The first kappa shape index (κ1) is 29.9. The molecule has 1 aliphatic carbocycles. The van der Waals surface area contributed by atoms with E-state index in [4.69, 9.17) is 23.2 Å². The maximum atomic E-state index is 12.4. The zero-order valence-electron chi connectivity index (χ0n) is 20.0. The van der Waals surface area contributed by atoms with Gasteiger partial charge in [0.05, 0.1) is 25.4 Å². The monoisotopic (exact) mass is 571 g/mol. The van der Waals surface area contributed by atoms with Gasteiger partial charge in [0.25, 0.3) is 5.69 Å². The molecule has 0 radical (unpaired) electrons. The highest BCUT2D eigenvalue weighted by Crippen LogP contribution is 2.29. The number of ketones is 3. The summed E-state index contributed by atoms with van der Waals surface area (Å²) in [5.41, 5.74) is -0.543. The van der Waals surface area contributed by atoms with Crippen molar-refractivity contribution in [1.82, 2.24) is 4.90 Å². The van der Waals surface area contributed by atoms with Gasteiger partial charge in [-0.3, -0.25) is 24.5 Å². The number of urea groups is 1. The van der Waals surface area contributed by atoms with Gasteiger partial charge in [0, 0.05) is 44.9 Å². The largest absolute Gasteiger partial charge is 0.331 e. The van der Waals surface area contributed by atoms with Gasteiger partial charge >= 0.3 is 6.03 Å². The van der Waals surface area contributed by atoms with E-state index in [2.05, 4.69) is 5.32 Å². The van der Waals surface area contributed by atoms with Crippen molar-refractivity contribution in [1.29, 1.82) is 0 Å². The van der Waals surface area contributed by atoms with E-state index >= 15 is 0 Å². The van der Waals surface area contributed by atoms with Crippen molar-refractivity contribution >= 4 is 67.8 Å². The molecule has 0 spiro atoms. The number of Topliss-reactive ketones (excluding diaryl/α,β-unsaturated/α-hetero) is 3. The van der Waals surface area contributed by atoms with Crippen LogP contribution in [0.25, 0.3) is 0 Å². The molecular weight excluding hydrogens is 549 g/mol. The Morgan fingerprint density at radius 3 is 2.11 bits per heavy atom. The SMILES string of the molecule is CN(C)C(=O)Nc1ccc(Cl)c(Cl)c1.CS(=O)(=O)c1ccc(C(=O)C2C(=O)CCCC2=O)c([N+](=O)[O-])c1. The van der Waals surface area contributed by atoms with E-state index in [0.717, 1.165) is 24.5 Å². The number of carbonyl (C=O) groups is 4. The fraction of sp³-hybridized carbons (Fsp3) is 0.304. The summed E-state index contributed by atoms with van der Waals surface area (Å²) in [6, 6.07) is 7.51. The van der Waals surface area contributed by atoms with Crippen LogP contribution in [0.4, 0.5) is 16.2 Å². The number of nitrogens with zero attached hydrogens (tertiary/aromatic N) is 2. The lowest BCUT2D eigenvalue weighted by atomic mass is 9.81. The molecule has 0 aromatic heterocycles. The number of rotatable bonds is 5. The number of nitro benzene ring substituents is 1. The van der Waals surface area contributed by atoms with Crippen LogP contribution >= 0.6 is 23.2 Å². The van der Waals surface area contributed by atoms with Crippen molar-refractivity contribution in [3.8, 4) is 0 Å². The van der Waals surface area contributed by atoms with E-state index in [1.165, 1.54) is 4.90 Å². The van der Waals surface area contributed by atoms with Crippen LogP contribution in [0, 0.1) is 16.0 Å². The molecule has 37 heavy (non-hydrogen) atoms. The van der Waals surface area contributed by atoms with E-state index in [0.29, 0.717) is 22.2 Å². The molecule has 2 amide bonds. The second-order valence-corrected chi connectivity index (χ2v) is 11.1. The highest BCUT2D eigenvalue weighted by molar-refractivity contribution is 7.90. The fourth-order valence-electron chi connectivity index (χ4n) is 3.26. The van der Waals surface area contributed by atoms with E-state index < -0.39 is 49.3 Å². The Kier molecular flexibility index (Phi) is 9.90. The zero-order valence-corrected chi connectivity index (χ0v) is 22.3. The Balaban J connectivity index is 0.000000294. The predicted molar refractivity (Wildman–Crippen MR) is 137 cm³/mol. The molecule has 3 rings (SSSR count). The summed E-state index contributed by atoms with van der Waals surface area (Å²) in [6.07, 6.45) is 1.37. The average molecular weight is 572 g/mol. The topological polar surface area (TPSA) is 161 Å². The normalized spacial score (nSPS) is 13.9. The van der Waals surface area contributed by atoms with Gasteiger partial charge in [-0.2, -0.15) is 0 Å². The van der Waals surface area contributed by atoms with Crippen LogP contribution in [-0.4, -0.2) is 62.0 Å². The quantitative estimate of drug-likeness (QED) is 0.241. The lowest BCUT2D eigenvalue weighted by Crippen LogP contribution is -2.35. The number of anilines is 1. The third-order valence-corrected chi connectivity index (χ3v) is 7.04. The summed E-state index contributed by atoms with van der Waals surface area (Å²) in [4.78, 5) is 58.6. The van der Waals surface area contributed by atoms with Crippen LogP contribution in [0.3, 0.4) is 0 Å². The number of nitrogens with one attached hydrogen (secondary N) is 1. The van der Waals surface area contributed by atoms with Crippen LogP contribution in [0.2, 0.25) is 10.0 Å². The number of hydrogen-bond donors (Lipinski definition) is 1. The molecular formula is C23H23Cl2N3O8S. The zero-order chi connectivity index (χ0) is 28.1. The van der Waals surface area contributed by atoms with Crippen LogP contribution in [0.15, 0.2) is 41.3 Å². The number of nitro groups is 1. The van der Waals surface area contributed by atoms with Crippen LogP contribution in [0.1, 0.15) is 29.6 Å². The third kappa shape index (κ3) is 7.81. The second-order valence-electron chi connectivity index (χ2n) is 8.25. The van der Waals surface area contributed by atoms with E-state index in [-0.39, 0.29) is 23.8 Å². The van der Waals surface area contributed by atoms with Gasteiger partial charge in [-0.15, -0.1) is 0 Å². The third-order valence-electron chi connectivity index (χ3n) is 5.19. The summed E-state index contributed by atoms with van der Waals surface area (Å²) in [7, 11) is -0.378.